The molecule has 0 saturated heterocycles. The first-order valence-electron chi connectivity index (χ1n) is 6.21. The second kappa shape index (κ2) is 5.43. The minimum atomic E-state index is -0.00921. The van der Waals surface area contributed by atoms with E-state index >= 15 is 0 Å². The van der Waals surface area contributed by atoms with Crippen LogP contribution in [0.25, 0.3) is 10.9 Å². The van der Waals surface area contributed by atoms with Gasteiger partial charge >= 0.3 is 0 Å². The lowest BCUT2D eigenvalue weighted by Crippen LogP contribution is -2.08. The summed E-state index contributed by atoms with van der Waals surface area (Å²) in [5.41, 5.74) is 0.775. The zero-order valence-electron chi connectivity index (χ0n) is 10.9. The van der Waals surface area contributed by atoms with Gasteiger partial charge in [-0.15, -0.1) is 0 Å². The maximum atomic E-state index is 12.6. The van der Waals surface area contributed by atoms with E-state index in [0.717, 1.165) is 10.4 Å². The summed E-state index contributed by atoms with van der Waals surface area (Å²) < 4.78 is 5.33. The largest absolute Gasteiger partial charge is 0.481 e. The summed E-state index contributed by atoms with van der Waals surface area (Å²) in [6.07, 6.45) is 0. The number of benzene rings is 2. The zero-order valence-corrected chi connectivity index (χ0v) is 11.7. The van der Waals surface area contributed by atoms with Crippen molar-refractivity contribution >= 4 is 22.7 Å². The van der Waals surface area contributed by atoms with E-state index in [1.54, 1.807) is 7.11 Å². The molecule has 0 radical (unpaired) electrons. The first kappa shape index (κ1) is 12.8. The first-order valence-corrected chi connectivity index (χ1v) is 7.03. The Hall–Kier alpha value is -2.20. The second-order valence-electron chi connectivity index (χ2n) is 4.28. The third-order valence-corrected chi connectivity index (χ3v) is 4.08. The predicted octanol–water partition coefficient (Wildman–Crippen LogP) is 3.69. The number of hydrogen-bond donors (Lipinski definition) is 1. The van der Waals surface area contributed by atoms with E-state index < -0.39 is 0 Å². The molecule has 20 heavy (non-hydrogen) atoms. The Labute approximate surface area is 120 Å². The van der Waals surface area contributed by atoms with Crippen LogP contribution in [0.15, 0.2) is 69.2 Å². The summed E-state index contributed by atoms with van der Waals surface area (Å²) >= 11 is 1.41. The Bertz CT molecular complexity index is 796. The van der Waals surface area contributed by atoms with Crippen LogP contribution in [0.1, 0.15) is 0 Å². The van der Waals surface area contributed by atoms with Crippen LogP contribution in [0.5, 0.6) is 5.88 Å². The summed E-state index contributed by atoms with van der Waals surface area (Å²) in [5, 5.41) is 0.673. The first-order chi connectivity index (χ1) is 9.79. The van der Waals surface area contributed by atoms with Crippen molar-refractivity contribution in [1.29, 1.82) is 0 Å². The van der Waals surface area contributed by atoms with Crippen molar-refractivity contribution in [3.05, 3.63) is 64.8 Å². The number of aromatic amines is 1. The molecular formula is C16H13NO2S. The fraction of sp³-hybridized carbons (Fsp3) is 0.0625. The molecule has 0 aliphatic rings. The van der Waals surface area contributed by atoms with Gasteiger partial charge in [-0.3, -0.25) is 4.79 Å². The maximum Gasteiger partial charge on any atom is 0.209 e. The SMILES string of the molecule is COc1[nH]c2ccccc2c(=O)c1Sc1ccccc1. The molecule has 0 atom stereocenters. The second-order valence-corrected chi connectivity index (χ2v) is 5.36. The van der Waals surface area contributed by atoms with Gasteiger partial charge in [-0.1, -0.05) is 42.1 Å². The predicted molar refractivity (Wildman–Crippen MR) is 81.7 cm³/mol. The molecular weight excluding hydrogens is 270 g/mol. The molecule has 1 aromatic heterocycles. The highest BCUT2D eigenvalue weighted by Gasteiger charge is 2.13. The van der Waals surface area contributed by atoms with Crippen LogP contribution in [0.3, 0.4) is 0 Å². The number of para-hydroxylation sites is 1. The molecule has 0 saturated carbocycles. The minimum absolute atomic E-state index is 0.00921. The van der Waals surface area contributed by atoms with Crippen molar-refractivity contribution in [3.63, 3.8) is 0 Å². The fourth-order valence-electron chi connectivity index (χ4n) is 2.04. The molecule has 100 valence electrons. The van der Waals surface area contributed by atoms with Crippen molar-refractivity contribution in [2.45, 2.75) is 9.79 Å². The number of methoxy groups -OCH3 is 1. The molecule has 2 aromatic carbocycles. The normalized spacial score (nSPS) is 10.7. The maximum absolute atomic E-state index is 12.6. The molecule has 0 fully saturated rings. The number of pyridine rings is 1. The number of H-pyrrole nitrogens is 1. The Kier molecular flexibility index (Phi) is 3.48. The average molecular weight is 283 g/mol. The van der Waals surface area contributed by atoms with Gasteiger partial charge in [0.2, 0.25) is 11.3 Å². The van der Waals surface area contributed by atoms with Gasteiger partial charge in [-0.2, -0.15) is 0 Å². The van der Waals surface area contributed by atoms with Crippen molar-refractivity contribution < 1.29 is 4.74 Å². The molecule has 1 N–H and O–H groups in total. The third-order valence-electron chi connectivity index (χ3n) is 3.00. The molecule has 0 aliphatic heterocycles. The van der Waals surface area contributed by atoms with E-state index in [1.807, 2.05) is 54.6 Å². The lowest BCUT2D eigenvalue weighted by Gasteiger charge is -2.09. The Morgan fingerprint density at radius 1 is 1.00 bits per heavy atom. The molecule has 0 amide bonds. The van der Waals surface area contributed by atoms with Crippen LogP contribution in [0.4, 0.5) is 0 Å². The van der Waals surface area contributed by atoms with Crippen LogP contribution >= 0.6 is 11.8 Å². The lowest BCUT2D eigenvalue weighted by molar-refractivity contribution is 0.388. The topological polar surface area (TPSA) is 42.1 Å². The van der Waals surface area contributed by atoms with Crippen molar-refractivity contribution in [1.82, 2.24) is 4.98 Å². The minimum Gasteiger partial charge on any atom is -0.481 e. The monoisotopic (exact) mass is 283 g/mol. The Balaban J connectivity index is 2.18. The summed E-state index contributed by atoms with van der Waals surface area (Å²) in [6.45, 7) is 0. The van der Waals surface area contributed by atoms with Gasteiger partial charge < -0.3 is 9.72 Å². The van der Waals surface area contributed by atoms with Crippen molar-refractivity contribution in [3.8, 4) is 5.88 Å². The van der Waals surface area contributed by atoms with E-state index in [-0.39, 0.29) is 5.43 Å². The lowest BCUT2D eigenvalue weighted by atomic mass is 10.2. The highest BCUT2D eigenvalue weighted by molar-refractivity contribution is 7.99. The van der Waals surface area contributed by atoms with Gasteiger partial charge in [0.15, 0.2) is 0 Å². The van der Waals surface area contributed by atoms with Crippen LogP contribution in [0, 0.1) is 0 Å². The van der Waals surface area contributed by atoms with Crippen LogP contribution in [0.2, 0.25) is 0 Å². The van der Waals surface area contributed by atoms with Crippen molar-refractivity contribution in [2.24, 2.45) is 0 Å². The number of nitrogens with one attached hydrogen (secondary N) is 1. The fourth-order valence-corrected chi connectivity index (χ4v) is 3.00. The summed E-state index contributed by atoms with van der Waals surface area (Å²) in [5.74, 6) is 0.502. The number of ether oxygens (including phenoxy) is 1. The van der Waals surface area contributed by atoms with Gasteiger partial charge in [-0.25, -0.2) is 0 Å². The smallest absolute Gasteiger partial charge is 0.209 e. The van der Waals surface area contributed by atoms with Gasteiger partial charge in [0.1, 0.15) is 4.90 Å². The molecule has 0 bridgehead atoms. The molecule has 0 unspecified atom stereocenters. The highest BCUT2D eigenvalue weighted by Crippen LogP contribution is 2.32. The Morgan fingerprint density at radius 2 is 1.70 bits per heavy atom. The molecule has 0 spiro atoms. The van der Waals surface area contributed by atoms with Gasteiger partial charge in [0.05, 0.1) is 12.6 Å². The van der Waals surface area contributed by atoms with Crippen LogP contribution < -0.4 is 10.2 Å². The van der Waals surface area contributed by atoms with Gasteiger partial charge in [0.25, 0.3) is 0 Å². The van der Waals surface area contributed by atoms with E-state index in [1.165, 1.54) is 11.8 Å². The average Bonchev–Trinajstić information content (AvgIpc) is 2.51. The summed E-state index contributed by atoms with van der Waals surface area (Å²) in [4.78, 5) is 17.3. The van der Waals surface area contributed by atoms with E-state index in [4.69, 9.17) is 4.74 Å². The van der Waals surface area contributed by atoms with Gasteiger partial charge in [0, 0.05) is 10.3 Å². The number of hydrogen-bond acceptors (Lipinski definition) is 3. The van der Waals surface area contributed by atoms with Gasteiger partial charge in [-0.05, 0) is 24.3 Å². The highest BCUT2D eigenvalue weighted by atomic mass is 32.2. The third kappa shape index (κ3) is 2.30. The molecule has 0 aliphatic carbocycles. The van der Waals surface area contributed by atoms with Crippen LogP contribution in [-0.2, 0) is 0 Å². The van der Waals surface area contributed by atoms with E-state index in [0.29, 0.717) is 16.2 Å². The van der Waals surface area contributed by atoms with Crippen molar-refractivity contribution in [2.75, 3.05) is 7.11 Å². The van der Waals surface area contributed by atoms with E-state index in [9.17, 15) is 4.79 Å². The molecule has 3 rings (SSSR count). The van der Waals surface area contributed by atoms with Crippen LogP contribution in [-0.4, -0.2) is 12.1 Å². The zero-order chi connectivity index (χ0) is 13.9. The molecule has 4 heteroatoms. The van der Waals surface area contributed by atoms with E-state index in [2.05, 4.69) is 4.98 Å². The quantitative estimate of drug-likeness (QED) is 0.797. The molecule has 3 nitrogen and oxygen atoms in total. The number of fused-ring (bicyclic) bond motifs is 1. The summed E-state index contributed by atoms with van der Waals surface area (Å²) in [7, 11) is 1.56. The number of rotatable bonds is 3. The summed E-state index contributed by atoms with van der Waals surface area (Å²) in [6, 6.07) is 17.2. The number of aromatic nitrogens is 1. The standard InChI is InChI=1S/C16H13NO2S/c1-19-16-15(20-11-7-3-2-4-8-11)14(18)12-9-5-6-10-13(12)17-16/h2-10H,1H3,(H,17,18). The molecule has 1 heterocycles. The Morgan fingerprint density at radius 3 is 2.45 bits per heavy atom. The molecule has 3 aromatic rings.